The number of hydrogen-bond donors (Lipinski definition) is 1. The number of nitrogens with zero attached hydrogens (tertiary/aromatic N) is 2. The van der Waals surface area contributed by atoms with Gasteiger partial charge in [0.05, 0.1) is 23.1 Å². The summed E-state index contributed by atoms with van der Waals surface area (Å²) in [5.41, 5.74) is 1.98. The molecule has 0 unspecified atom stereocenters. The van der Waals surface area contributed by atoms with Crippen LogP contribution in [-0.4, -0.2) is 22.0 Å². The second-order valence-corrected chi connectivity index (χ2v) is 7.15. The maximum atomic E-state index is 12.9. The fraction of sp³-hybridized carbons (Fsp3) is 0.0870. The summed E-state index contributed by atoms with van der Waals surface area (Å²) in [5.74, 6) is -0.400. The van der Waals surface area contributed by atoms with Gasteiger partial charge in [-0.15, -0.1) is 0 Å². The SMILES string of the molecule is C[C@]1(O)C(=O)N(c2cncc(C=C3OC(=O)c4ccccc43)c2)c2ccccc21. The summed E-state index contributed by atoms with van der Waals surface area (Å²) >= 11 is 0. The van der Waals surface area contributed by atoms with Crippen LogP contribution in [0.3, 0.4) is 0 Å². The number of rotatable bonds is 2. The van der Waals surface area contributed by atoms with Crippen molar-refractivity contribution in [1.29, 1.82) is 0 Å². The predicted octanol–water partition coefficient (Wildman–Crippen LogP) is 3.64. The van der Waals surface area contributed by atoms with E-state index in [4.69, 9.17) is 4.74 Å². The molecule has 6 nitrogen and oxygen atoms in total. The molecule has 0 radical (unpaired) electrons. The highest BCUT2D eigenvalue weighted by atomic mass is 16.5. The topological polar surface area (TPSA) is 79.7 Å². The van der Waals surface area contributed by atoms with E-state index in [-0.39, 0.29) is 0 Å². The molecule has 0 spiro atoms. The third-order valence-electron chi connectivity index (χ3n) is 5.20. The Kier molecular flexibility index (Phi) is 3.66. The molecule has 1 amide bonds. The minimum Gasteiger partial charge on any atom is -0.422 e. The second kappa shape index (κ2) is 6.12. The first kappa shape index (κ1) is 17.3. The third kappa shape index (κ3) is 2.57. The molecule has 2 aliphatic rings. The van der Waals surface area contributed by atoms with E-state index in [1.807, 2.05) is 18.2 Å². The summed E-state index contributed by atoms with van der Waals surface area (Å²) in [6, 6.07) is 16.1. The van der Waals surface area contributed by atoms with Crippen molar-refractivity contribution < 1.29 is 19.4 Å². The Hall–Kier alpha value is -3.77. The van der Waals surface area contributed by atoms with Crippen LogP contribution >= 0.6 is 0 Å². The molecule has 2 aliphatic heterocycles. The van der Waals surface area contributed by atoms with E-state index >= 15 is 0 Å². The van der Waals surface area contributed by atoms with Gasteiger partial charge in [-0.1, -0.05) is 36.4 Å². The molecule has 1 atom stereocenters. The molecule has 2 aromatic carbocycles. The summed E-state index contributed by atoms with van der Waals surface area (Å²) in [5, 5.41) is 10.7. The number of aliphatic hydroxyl groups is 1. The fourth-order valence-corrected chi connectivity index (χ4v) is 3.77. The van der Waals surface area contributed by atoms with E-state index in [0.717, 1.165) is 0 Å². The molecule has 0 bridgehead atoms. The zero-order chi connectivity index (χ0) is 20.2. The number of hydrogen-bond acceptors (Lipinski definition) is 5. The number of amides is 1. The van der Waals surface area contributed by atoms with Gasteiger partial charge in [0.25, 0.3) is 5.91 Å². The number of anilines is 2. The van der Waals surface area contributed by atoms with Crippen molar-refractivity contribution in [2.24, 2.45) is 0 Å². The van der Waals surface area contributed by atoms with Gasteiger partial charge in [0.15, 0.2) is 5.60 Å². The predicted molar refractivity (Wildman–Crippen MR) is 107 cm³/mol. The van der Waals surface area contributed by atoms with Crippen molar-refractivity contribution >= 4 is 35.1 Å². The molecule has 0 fully saturated rings. The summed E-state index contributed by atoms with van der Waals surface area (Å²) in [4.78, 5) is 30.6. The van der Waals surface area contributed by atoms with E-state index in [1.54, 1.807) is 54.9 Å². The van der Waals surface area contributed by atoms with Crippen LogP contribution < -0.4 is 4.90 Å². The van der Waals surface area contributed by atoms with Crippen LogP contribution in [0.2, 0.25) is 0 Å². The van der Waals surface area contributed by atoms with Crippen LogP contribution in [0.1, 0.15) is 34.0 Å². The lowest BCUT2D eigenvalue weighted by molar-refractivity contribution is -0.133. The number of carbonyl (C=O) groups is 2. The molecule has 3 aromatic rings. The van der Waals surface area contributed by atoms with Crippen LogP contribution in [0, 0.1) is 0 Å². The number of benzene rings is 2. The number of pyridine rings is 1. The minimum atomic E-state index is -1.61. The number of cyclic esters (lactones) is 1. The van der Waals surface area contributed by atoms with Gasteiger partial charge in [0, 0.05) is 17.3 Å². The molecule has 6 heteroatoms. The molecule has 0 aliphatic carbocycles. The number of ether oxygens (including phenoxy) is 1. The first-order chi connectivity index (χ1) is 14.0. The largest absolute Gasteiger partial charge is 0.422 e. The van der Waals surface area contributed by atoms with Gasteiger partial charge in [-0.2, -0.15) is 0 Å². The van der Waals surface area contributed by atoms with E-state index in [9.17, 15) is 14.7 Å². The molecule has 1 N–H and O–H groups in total. The maximum absolute atomic E-state index is 12.9. The normalized spacial score (nSPS) is 21.3. The molecular formula is C23H16N2O4. The van der Waals surface area contributed by atoms with Crippen LogP contribution in [0.15, 0.2) is 67.0 Å². The molecule has 0 saturated carbocycles. The maximum Gasteiger partial charge on any atom is 0.344 e. The molecule has 5 rings (SSSR count). The first-order valence-electron chi connectivity index (χ1n) is 9.11. The van der Waals surface area contributed by atoms with Crippen LogP contribution in [0.25, 0.3) is 11.8 Å². The van der Waals surface area contributed by atoms with Crippen molar-refractivity contribution in [3.8, 4) is 0 Å². The van der Waals surface area contributed by atoms with E-state index in [1.165, 1.54) is 11.8 Å². The average molecular weight is 384 g/mol. The number of fused-ring (bicyclic) bond motifs is 2. The number of aromatic nitrogens is 1. The van der Waals surface area contributed by atoms with Gasteiger partial charge in [-0.3, -0.25) is 14.7 Å². The molecule has 1 aromatic heterocycles. The molecule has 3 heterocycles. The van der Waals surface area contributed by atoms with E-state index < -0.39 is 17.5 Å². The van der Waals surface area contributed by atoms with Crippen molar-refractivity contribution in [2.75, 3.05) is 4.90 Å². The molecule has 142 valence electrons. The van der Waals surface area contributed by atoms with Crippen molar-refractivity contribution in [3.63, 3.8) is 0 Å². The Balaban J connectivity index is 1.57. The van der Waals surface area contributed by atoms with Crippen LogP contribution in [0.4, 0.5) is 11.4 Å². The standard InChI is InChI=1S/C23H16N2O4/c1-23(28)18-8-4-5-9-19(18)25(22(23)27)15-10-14(12-24-13-15)11-20-16-6-2-3-7-17(16)21(26)29-20/h2-13,28H,1H3/t23-/m1/s1. The third-order valence-corrected chi connectivity index (χ3v) is 5.20. The quantitative estimate of drug-likeness (QED) is 0.683. The lowest BCUT2D eigenvalue weighted by Crippen LogP contribution is -2.35. The highest BCUT2D eigenvalue weighted by Gasteiger charge is 2.46. The summed E-state index contributed by atoms with van der Waals surface area (Å²) in [7, 11) is 0. The van der Waals surface area contributed by atoms with Gasteiger partial charge in [-0.05, 0) is 36.8 Å². The van der Waals surface area contributed by atoms with Gasteiger partial charge in [-0.25, -0.2) is 4.79 Å². The number of para-hydroxylation sites is 1. The van der Waals surface area contributed by atoms with Crippen LogP contribution in [-0.2, 0) is 15.1 Å². The summed E-state index contributed by atoms with van der Waals surface area (Å²) in [6.07, 6.45) is 4.90. The molecule has 0 saturated heterocycles. The van der Waals surface area contributed by atoms with E-state index in [2.05, 4.69) is 4.98 Å². The zero-order valence-electron chi connectivity index (χ0n) is 15.5. The summed E-state index contributed by atoms with van der Waals surface area (Å²) in [6.45, 7) is 1.49. The van der Waals surface area contributed by atoms with Crippen molar-refractivity contribution in [1.82, 2.24) is 4.98 Å². The zero-order valence-corrected chi connectivity index (χ0v) is 15.5. The smallest absolute Gasteiger partial charge is 0.344 e. The molecular weight excluding hydrogens is 368 g/mol. The molecule has 29 heavy (non-hydrogen) atoms. The summed E-state index contributed by atoms with van der Waals surface area (Å²) < 4.78 is 5.39. The fourth-order valence-electron chi connectivity index (χ4n) is 3.77. The highest BCUT2D eigenvalue weighted by molar-refractivity contribution is 6.12. The second-order valence-electron chi connectivity index (χ2n) is 7.15. The highest BCUT2D eigenvalue weighted by Crippen LogP contribution is 2.44. The Morgan fingerprint density at radius 1 is 1.03 bits per heavy atom. The lowest BCUT2D eigenvalue weighted by Gasteiger charge is -2.19. The van der Waals surface area contributed by atoms with E-state index in [0.29, 0.717) is 39.4 Å². The Labute approximate surface area is 166 Å². The first-order valence-corrected chi connectivity index (χ1v) is 9.11. The van der Waals surface area contributed by atoms with Gasteiger partial charge < -0.3 is 9.84 Å². The lowest BCUT2D eigenvalue weighted by atomic mass is 9.98. The Morgan fingerprint density at radius 3 is 2.59 bits per heavy atom. The van der Waals surface area contributed by atoms with Crippen molar-refractivity contribution in [2.45, 2.75) is 12.5 Å². The average Bonchev–Trinajstić information content (AvgIpc) is 3.14. The Morgan fingerprint density at radius 2 is 1.76 bits per heavy atom. The van der Waals surface area contributed by atoms with Gasteiger partial charge >= 0.3 is 5.97 Å². The van der Waals surface area contributed by atoms with Crippen molar-refractivity contribution in [3.05, 3.63) is 89.2 Å². The number of esters is 1. The monoisotopic (exact) mass is 384 g/mol. The number of carbonyl (C=O) groups excluding carboxylic acids is 2. The van der Waals surface area contributed by atoms with Crippen LogP contribution in [0.5, 0.6) is 0 Å². The van der Waals surface area contributed by atoms with Gasteiger partial charge in [0.1, 0.15) is 5.76 Å². The van der Waals surface area contributed by atoms with Gasteiger partial charge in [0.2, 0.25) is 0 Å². The minimum absolute atomic E-state index is 0.393. The Bertz CT molecular complexity index is 1210.